The Morgan fingerprint density at radius 2 is 1.35 bits per heavy atom. The fourth-order valence-corrected chi connectivity index (χ4v) is 5.04. The number of ether oxygens (including phenoxy) is 2. The maximum absolute atomic E-state index is 12.1. The Balaban J connectivity index is 2.21. The molecule has 40 heavy (non-hydrogen) atoms. The van der Waals surface area contributed by atoms with E-state index in [1.54, 1.807) is 6.92 Å². The van der Waals surface area contributed by atoms with Crippen LogP contribution < -0.4 is 9.47 Å². The van der Waals surface area contributed by atoms with E-state index in [2.05, 4.69) is 39.8 Å². The van der Waals surface area contributed by atoms with Crippen molar-refractivity contribution in [2.24, 2.45) is 0 Å². The Kier molecular flexibility index (Phi) is 18.1. The van der Waals surface area contributed by atoms with Crippen LogP contribution in [0.5, 0.6) is 23.0 Å². The van der Waals surface area contributed by atoms with E-state index in [9.17, 15) is 14.4 Å². The van der Waals surface area contributed by atoms with Gasteiger partial charge in [-0.15, -0.1) is 0 Å². The normalized spacial score (nSPS) is 13.1. The van der Waals surface area contributed by atoms with Crippen LogP contribution in [0.2, 0.25) is 0 Å². The quantitative estimate of drug-likeness (QED) is 0.0916. The Bertz CT molecular complexity index is 1050. The van der Waals surface area contributed by atoms with E-state index in [0.29, 0.717) is 23.5 Å². The second-order valence-corrected chi connectivity index (χ2v) is 11.8. The van der Waals surface area contributed by atoms with Crippen LogP contribution in [0.3, 0.4) is 0 Å². The number of methoxy groups -OCH3 is 2. The van der Waals surface area contributed by atoms with Crippen molar-refractivity contribution in [2.75, 3.05) is 26.6 Å². The average molecular weight is 577 g/mol. The first-order chi connectivity index (χ1) is 19.1. The summed E-state index contributed by atoms with van der Waals surface area (Å²) >= 11 is -1.24. The number of allylic oxidation sites excluding steroid dienone is 6. The van der Waals surface area contributed by atoms with Gasteiger partial charge in [-0.05, 0) is 79.6 Å². The fraction of sp³-hybridized carbons (Fsp3) is 0.576. The van der Waals surface area contributed by atoms with Crippen molar-refractivity contribution in [2.45, 2.75) is 98.8 Å². The molecule has 0 fully saturated rings. The zero-order valence-electron chi connectivity index (χ0n) is 25.8. The summed E-state index contributed by atoms with van der Waals surface area (Å²) in [5.41, 5.74) is 5.15. The number of aromatic hydroxyl groups is 2. The molecule has 0 radical (unpaired) electrons. The third-order valence-electron chi connectivity index (χ3n) is 6.78. The van der Waals surface area contributed by atoms with Crippen LogP contribution in [0.4, 0.5) is 0 Å². The van der Waals surface area contributed by atoms with Gasteiger partial charge in [-0.2, -0.15) is 0 Å². The lowest BCUT2D eigenvalue weighted by Crippen LogP contribution is -2.03. The van der Waals surface area contributed by atoms with Crippen molar-refractivity contribution in [3.8, 4) is 23.0 Å². The first-order valence-corrected chi connectivity index (χ1v) is 15.7. The molecule has 1 atom stereocenters. The first kappa shape index (κ1) is 35.5. The molecule has 2 N–H and O–H groups in total. The van der Waals surface area contributed by atoms with Crippen molar-refractivity contribution < 1.29 is 28.1 Å². The van der Waals surface area contributed by atoms with Gasteiger partial charge < -0.3 is 19.7 Å². The minimum atomic E-state index is -1.24. The summed E-state index contributed by atoms with van der Waals surface area (Å²) in [7, 11) is 2.85. The van der Waals surface area contributed by atoms with E-state index in [4.69, 9.17) is 13.7 Å². The minimum Gasteiger partial charge on any atom is -0.504 e. The van der Waals surface area contributed by atoms with Gasteiger partial charge in [0.2, 0.25) is 11.5 Å². The summed E-state index contributed by atoms with van der Waals surface area (Å²) in [5, 5.41) is 20.9. The molecule has 226 valence electrons. The van der Waals surface area contributed by atoms with Gasteiger partial charge in [-0.1, -0.05) is 66.4 Å². The molecule has 1 aromatic rings. The van der Waals surface area contributed by atoms with Gasteiger partial charge in [0.05, 0.1) is 20.8 Å². The van der Waals surface area contributed by atoms with E-state index in [1.165, 1.54) is 30.9 Å². The van der Waals surface area contributed by atoms with Gasteiger partial charge in [-0.3, -0.25) is 4.18 Å². The SMILES string of the molecule is COc1c(O)c(C)c(/C=C/CCCCCCCS(=O)OCC=C(C)CCC=C(C)CCC=C(C)C)c(O)c1OC. The van der Waals surface area contributed by atoms with Crippen molar-refractivity contribution in [1.29, 1.82) is 0 Å². The molecule has 0 aliphatic rings. The van der Waals surface area contributed by atoms with Crippen molar-refractivity contribution >= 4 is 17.2 Å². The summed E-state index contributed by atoms with van der Waals surface area (Å²) in [6, 6.07) is 0. The minimum absolute atomic E-state index is 0.0337. The van der Waals surface area contributed by atoms with Gasteiger partial charge in [0.1, 0.15) is 0 Å². The zero-order valence-corrected chi connectivity index (χ0v) is 26.6. The largest absolute Gasteiger partial charge is 0.504 e. The van der Waals surface area contributed by atoms with E-state index < -0.39 is 11.1 Å². The maximum Gasteiger partial charge on any atom is 0.207 e. The molecule has 1 rings (SSSR count). The number of unbranched alkanes of at least 4 members (excludes halogenated alkanes) is 5. The first-order valence-electron chi connectivity index (χ1n) is 14.4. The predicted molar refractivity (Wildman–Crippen MR) is 169 cm³/mol. The smallest absolute Gasteiger partial charge is 0.207 e. The molecule has 0 bridgehead atoms. The van der Waals surface area contributed by atoms with Crippen LogP contribution in [-0.4, -0.2) is 41.0 Å². The number of phenolic OH excluding ortho intramolecular Hbond substituents is 2. The summed E-state index contributed by atoms with van der Waals surface area (Å²) in [5.74, 6) is 0.755. The summed E-state index contributed by atoms with van der Waals surface area (Å²) in [6.07, 6.45) is 20.7. The second-order valence-electron chi connectivity index (χ2n) is 10.5. The van der Waals surface area contributed by atoms with Crippen molar-refractivity contribution in [3.05, 3.63) is 52.2 Å². The highest BCUT2D eigenvalue weighted by Crippen LogP contribution is 2.48. The Morgan fingerprint density at radius 3 is 2.00 bits per heavy atom. The third-order valence-corrected chi connectivity index (χ3v) is 7.80. The molecular formula is C33H52O6S. The number of benzene rings is 1. The average Bonchev–Trinajstić information content (AvgIpc) is 2.90. The Morgan fingerprint density at radius 1 is 0.775 bits per heavy atom. The molecule has 6 nitrogen and oxygen atoms in total. The molecule has 0 aliphatic carbocycles. The molecule has 1 unspecified atom stereocenters. The summed E-state index contributed by atoms with van der Waals surface area (Å²) in [4.78, 5) is 0. The van der Waals surface area contributed by atoms with Crippen molar-refractivity contribution in [3.63, 3.8) is 0 Å². The van der Waals surface area contributed by atoms with Crippen LogP contribution in [-0.2, 0) is 15.3 Å². The number of hydrogen-bond donors (Lipinski definition) is 2. The van der Waals surface area contributed by atoms with Crippen LogP contribution in [0.15, 0.2) is 41.0 Å². The maximum atomic E-state index is 12.1. The predicted octanol–water partition coefficient (Wildman–Crippen LogP) is 8.88. The monoisotopic (exact) mass is 576 g/mol. The summed E-state index contributed by atoms with van der Waals surface area (Å²) in [6.45, 7) is 10.7. The van der Waals surface area contributed by atoms with Crippen molar-refractivity contribution in [1.82, 2.24) is 0 Å². The Hall–Kier alpha value is -2.51. The standard InChI is InChI=1S/C33H52O6S/c1-25(2)17-15-18-26(3)19-16-20-27(4)22-23-39-40(36)24-14-12-10-8-9-11-13-21-29-28(5)30(34)32(37-6)33(38-7)31(29)35/h13,17,19,21-22,34-35H,8-12,14-16,18,20,23-24H2,1-7H3/b21-13+,26-19?,27-22?. The van der Waals surface area contributed by atoms with E-state index in [-0.39, 0.29) is 23.0 Å². The lowest BCUT2D eigenvalue weighted by atomic mass is 10.0. The molecule has 0 saturated heterocycles. The highest BCUT2D eigenvalue weighted by Gasteiger charge is 2.21. The lowest BCUT2D eigenvalue weighted by molar-refractivity contribution is 0.315. The van der Waals surface area contributed by atoms with Crippen LogP contribution >= 0.6 is 0 Å². The van der Waals surface area contributed by atoms with Gasteiger partial charge in [0, 0.05) is 16.9 Å². The molecule has 0 aromatic heterocycles. The van der Waals surface area contributed by atoms with Crippen LogP contribution in [0, 0.1) is 6.92 Å². The van der Waals surface area contributed by atoms with E-state index in [0.717, 1.165) is 64.2 Å². The number of phenols is 2. The molecule has 0 aliphatic heterocycles. The summed E-state index contributed by atoms with van der Waals surface area (Å²) < 4.78 is 28.0. The molecule has 0 heterocycles. The number of rotatable bonds is 20. The molecule has 1 aromatic carbocycles. The second kappa shape index (κ2) is 20.4. The molecule has 7 heteroatoms. The molecule has 0 amide bonds. The lowest BCUT2D eigenvalue weighted by Gasteiger charge is -2.16. The van der Waals surface area contributed by atoms with Gasteiger partial charge >= 0.3 is 0 Å². The molecule has 0 spiro atoms. The molecule has 0 saturated carbocycles. The van der Waals surface area contributed by atoms with Crippen LogP contribution in [0.1, 0.15) is 103 Å². The Labute approximate surface area is 245 Å². The van der Waals surface area contributed by atoms with Gasteiger partial charge in [0.25, 0.3) is 0 Å². The van der Waals surface area contributed by atoms with Gasteiger partial charge in [0.15, 0.2) is 22.6 Å². The highest BCUT2D eigenvalue weighted by molar-refractivity contribution is 7.80. The van der Waals surface area contributed by atoms with Crippen LogP contribution in [0.25, 0.3) is 6.08 Å². The highest BCUT2D eigenvalue weighted by atomic mass is 32.2. The van der Waals surface area contributed by atoms with E-state index in [1.807, 2.05) is 18.2 Å². The zero-order chi connectivity index (χ0) is 29.9. The third kappa shape index (κ3) is 13.7. The van der Waals surface area contributed by atoms with E-state index >= 15 is 0 Å². The number of hydrogen-bond acceptors (Lipinski definition) is 6. The fourth-order valence-electron chi connectivity index (χ4n) is 4.26. The molecular weight excluding hydrogens is 524 g/mol. The topological polar surface area (TPSA) is 85.2 Å². The van der Waals surface area contributed by atoms with Gasteiger partial charge in [-0.25, -0.2) is 4.21 Å².